The van der Waals surface area contributed by atoms with E-state index in [-0.39, 0.29) is 21.8 Å². The number of carbonyl (C=O) groups is 1. The Hall–Kier alpha value is -1.20. The SMILES string of the molecule is CCS(=O)(=O)c1ccc(C(=O)C2(CN)CC2)cc1. The van der Waals surface area contributed by atoms with E-state index in [1.165, 1.54) is 12.1 Å². The van der Waals surface area contributed by atoms with E-state index < -0.39 is 9.84 Å². The molecule has 98 valence electrons. The molecule has 1 fully saturated rings. The van der Waals surface area contributed by atoms with E-state index in [1.54, 1.807) is 19.1 Å². The van der Waals surface area contributed by atoms with Crippen LogP contribution in [-0.4, -0.2) is 26.5 Å². The number of carbonyl (C=O) groups excluding carboxylic acids is 1. The fraction of sp³-hybridized carbons (Fsp3) is 0.462. The van der Waals surface area contributed by atoms with E-state index >= 15 is 0 Å². The molecular weight excluding hydrogens is 250 g/mol. The maximum absolute atomic E-state index is 12.2. The van der Waals surface area contributed by atoms with Gasteiger partial charge in [-0.25, -0.2) is 8.42 Å². The Labute approximate surface area is 107 Å². The van der Waals surface area contributed by atoms with Crippen LogP contribution in [0.4, 0.5) is 0 Å². The number of rotatable bonds is 5. The van der Waals surface area contributed by atoms with Gasteiger partial charge in [0.2, 0.25) is 0 Å². The maximum Gasteiger partial charge on any atom is 0.178 e. The molecule has 0 unspecified atom stereocenters. The summed E-state index contributed by atoms with van der Waals surface area (Å²) in [5, 5.41) is 0. The molecule has 18 heavy (non-hydrogen) atoms. The molecule has 0 spiro atoms. The molecule has 2 rings (SSSR count). The normalized spacial score (nSPS) is 17.4. The average molecular weight is 267 g/mol. The van der Waals surface area contributed by atoms with Gasteiger partial charge in [-0.3, -0.25) is 4.79 Å². The lowest BCUT2D eigenvalue weighted by Crippen LogP contribution is -2.25. The molecule has 0 amide bonds. The molecule has 0 radical (unpaired) electrons. The fourth-order valence-electron chi connectivity index (χ4n) is 1.96. The third-order valence-electron chi connectivity index (χ3n) is 3.58. The van der Waals surface area contributed by atoms with Crippen molar-refractivity contribution in [2.45, 2.75) is 24.7 Å². The van der Waals surface area contributed by atoms with Crippen molar-refractivity contribution in [2.24, 2.45) is 11.1 Å². The van der Waals surface area contributed by atoms with Gasteiger partial charge in [-0.1, -0.05) is 19.1 Å². The molecule has 0 bridgehead atoms. The van der Waals surface area contributed by atoms with Crippen LogP contribution in [0.5, 0.6) is 0 Å². The van der Waals surface area contributed by atoms with E-state index in [9.17, 15) is 13.2 Å². The van der Waals surface area contributed by atoms with E-state index in [2.05, 4.69) is 0 Å². The summed E-state index contributed by atoms with van der Waals surface area (Å²) in [6.07, 6.45) is 1.66. The predicted octanol–water partition coefficient (Wildman–Crippen LogP) is 1.40. The van der Waals surface area contributed by atoms with Crippen molar-refractivity contribution in [3.8, 4) is 0 Å². The highest BCUT2D eigenvalue weighted by atomic mass is 32.2. The smallest absolute Gasteiger partial charge is 0.178 e. The first-order valence-corrected chi connectivity index (χ1v) is 7.68. The molecule has 5 heteroatoms. The summed E-state index contributed by atoms with van der Waals surface area (Å²) in [6.45, 7) is 1.96. The van der Waals surface area contributed by atoms with Crippen LogP contribution in [0.25, 0.3) is 0 Å². The lowest BCUT2D eigenvalue weighted by Gasteiger charge is -2.11. The zero-order valence-corrected chi connectivity index (χ0v) is 11.2. The van der Waals surface area contributed by atoms with Crippen LogP contribution in [0.1, 0.15) is 30.1 Å². The van der Waals surface area contributed by atoms with Crippen molar-refractivity contribution in [3.63, 3.8) is 0 Å². The van der Waals surface area contributed by atoms with Crippen molar-refractivity contribution in [3.05, 3.63) is 29.8 Å². The van der Waals surface area contributed by atoms with Gasteiger partial charge in [0.25, 0.3) is 0 Å². The highest BCUT2D eigenvalue weighted by molar-refractivity contribution is 7.91. The summed E-state index contributed by atoms with van der Waals surface area (Å²) >= 11 is 0. The number of sulfone groups is 1. The number of ketones is 1. The second kappa shape index (κ2) is 4.48. The Kier molecular flexibility index (Phi) is 3.29. The minimum atomic E-state index is -3.20. The fourth-order valence-corrected chi connectivity index (χ4v) is 2.85. The van der Waals surface area contributed by atoms with Crippen LogP contribution in [0, 0.1) is 5.41 Å². The summed E-state index contributed by atoms with van der Waals surface area (Å²) < 4.78 is 23.3. The van der Waals surface area contributed by atoms with Crippen molar-refractivity contribution >= 4 is 15.6 Å². The monoisotopic (exact) mass is 267 g/mol. The Balaban J connectivity index is 2.26. The first kappa shape index (κ1) is 13.2. The first-order valence-electron chi connectivity index (χ1n) is 6.03. The lowest BCUT2D eigenvalue weighted by atomic mass is 9.95. The molecule has 0 aliphatic heterocycles. The topological polar surface area (TPSA) is 77.2 Å². The highest BCUT2D eigenvalue weighted by Crippen LogP contribution is 2.47. The third-order valence-corrected chi connectivity index (χ3v) is 5.33. The van der Waals surface area contributed by atoms with Crippen molar-refractivity contribution in [2.75, 3.05) is 12.3 Å². The standard InChI is InChI=1S/C13H17NO3S/c1-2-18(16,17)11-5-3-10(4-6-11)12(15)13(9-14)7-8-13/h3-6H,2,7-9,14H2,1H3. The molecular formula is C13H17NO3S. The molecule has 1 saturated carbocycles. The van der Waals surface area contributed by atoms with Gasteiger partial charge in [0, 0.05) is 17.5 Å². The summed E-state index contributed by atoms with van der Waals surface area (Å²) in [6, 6.07) is 6.17. The summed E-state index contributed by atoms with van der Waals surface area (Å²) in [5.74, 6) is 0.0954. The number of hydrogen-bond donors (Lipinski definition) is 1. The summed E-state index contributed by atoms with van der Waals surface area (Å²) in [4.78, 5) is 12.4. The molecule has 1 aliphatic rings. The predicted molar refractivity (Wildman–Crippen MR) is 69.2 cm³/mol. The molecule has 0 aromatic heterocycles. The minimum absolute atomic E-state index is 0.0328. The number of Topliss-reactive ketones (excluding diaryl/α,β-unsaturated/α-hetero) is 1. The zero-order chi connectivity index (χ0) is 13.4. The zero-order valence-electron chi connectivity index (χ0n) is 10.3. The Morgan fingerprint density at radius 1 is 1.28 bits per heavy atom. The van der Waals surface area contributed by atoms with Crippen LogP contribution in [0.15, 0.2) is 29.2 Å². The first-order chi connectivity index (χ1) is 8.45. The van der Waals surface area contributed by atoms with Gasteiger partial charge in [0.05, 0.1) is 10.6 Å². The largest absolute Gasteiger partial charge is 0.329 e. The van der Waals surface area contributed by atoms with Crippen molar-refractivity contribution < 1.29 is 13.2 Å². The van der Waals surface area contributed by atoms with Gasteiger partial charge in [-0.2, -0.15) is 0 Å². The van der Waals surface area contributed by atoms with Gasteiger partial charge in [-0.05, 0) is 25.0 Å². The Morgan fingerprint density at radius 2 is 1.83 bits per heavy atom. The Morgan fingerprint density at radius 3 is 2.22 bits per heavy atom. The quantitative estimate of drug-likeness (QED) is 0.818. The van der Waals surface area contributed by atoms with Crippen molar-refractivity contribution in [1.82, 2.24) is 0 Å². The maximum atomic E-state index is 12.2. The lowest BCUT2D eigenvalue weighted by molar-refractivity contribution is 0.0905. The van der Waals surface area contributed by atoms with Crippen LogP contribution < -0.4 is 5.73 Å². The van der Waals surface area contributed by atoms with Crippen LogP contribution >= 0.6 is 0 Å². The number of nitrogens with two attached hydrogens (primary N) is 1. The van der Waals surface area contributed by atoms with Gasteiger partial charge >= 0.3 is 0 Å². The van der Waals surface area contributed by atoms with Gasteiger partial charge in [-0.15, -0.1) is 0 Å². The third kappa shape index (κ3) is 2.20. The van der Waals surface area contributed by atoms with E-state index in [0.29, 0.717) is 12.1 Å². The van der Waals surface area contributed by atoms with E-state index in [1.807, 2.05) is 0 Å². The minimum Gasteiger partial charge on any atom is -0.329 e. The second-order valence-corrected chi connectivity index (χ2v) is 7.02. The average Bonchev–Trinajstić information content (AvgIpc) is 3.19. The molecule has 1 aliphatic carbocycles. The molecule has 1 aromatic rings. The summed E-state index contributed by atoms with van der Waals surface area (Å²) in [5.41, 5.74) is 5.78. The molecule has 0 saturated heterocycles. The van der Waals surface area contributed by atoms with E-state index in [0.717, 1.165) is 12.8 Å². The van der Waals surface area contributed by atoms with Gasteiger partial charge in [0.1, 0.15) is 0 Å². The van der Waals surface area contributed by atoms with Gasteiger partial charge in [0.15, 0.2) is 15.6 Å². The molecule has 0 atom stereocenters. The van der Waals surface area contributed by atoms with E-state index in [4.69, 9.17) is 5.73 Å². The number of hydrogen-bond acceptors (Lipinski definition) is 4. The summed E-state index contributed by atoms with van der Waals surface area (Å²) in [7, 11) is -3.20. The Bertz CT molecular complexity index is 556. The highest BCUT2D eigenvalue weighted by Gasteiger charge is 2.48. The molecule has 0 heterocycles. The second-order valence-electron chi connectivity index (χ2n) is 4.74. The number of benzene rings is 1. The molecule has 1 aromatic carbocycles. The van der Waals surface area contributed by atoms with Crippen LogP contribution in [-0.2, 0) is 9.84 Å². The van der Waals surface area contributed by atoms with Crippen LogP contribution in [0.2, 0.25) is 0 Å². The van der Waals surface area contributed by atoms with Crippen LogP contribution in [0.3, 0.4) is 0 Å². The van der Waals surface area contributed by atoms with Crippen molar-refractivity contribution in [1.29, 1.82) is 0 Å². The van der Waals surface area contributed by atoms with Gasteiger partial charge < -0.3 is 5.73 Å². The molecule has 2 N–H and O–H groups in total. The molecule has 4 nitrogen and oxygen atoms in total.